The molecule has 0 aromatic heterocycles. The van der Waals surface area contributed by atoms with Crippen LogP contribution in [0.15, 0.2) is 30.3 Å². The Morgan fingerprint density at radius 1 is 1.04 bits per heavy atom. The van der Waals surface area contributed by atoms with E-state index in [1.54, 1.807) is 0 Å². The van der Waals surface area contributed by atoms with Gasteiger partial charge in [-0.3, -0.25) is 0 Å². The van der Waals surface area contributed by atoms with Gasteiger partial charge in [-0.25, -0.2) is 4.79 Å². The van der Waals surface area contributed by atoms with Crippen LogP contribution in [0.2, 0.25) is 0 Å². The van der Waals surface area contributed by atoms with E-state index in [0.717, 1.165) is 38.5 Å². The molecule has 0 amide bonds. The summed E-state index contributed by atoms with van der Waals surface area (Å²) in [7, 11) is 0. The van der Waals surface area contributed by atoms with Gasteiger partial charge in [0.25, 0.3) is 0 Å². The number of unbranched alkanes of at least 4 members (excludes halogenated alkanes) is 6. The predicted octanol–water partition coefficient (Wildman–Crippen LogP) is 5.78. The lowest BCUT2D eigenvalue weighted by Gasteiger charge is -2.32. The fourth-order valence-corrected chi connectivity index (χ4v) is 3.89. The van der Waals surface area contributed by atoms with Crippen LogP contribution < -0.4 is 0 Å². The largest absolute Gasteiger partial charge is 0.463 e. The van der Waals surface area contributed by atoms with Crippen LogP contribution in [0.1, 0.15) is 83.1 Å². The fraction of sp³-hybridized carbons (Fsp3) is 0.682. The fourth-order valence-electron chi connectivity index (χ4n) is 3.89. The summed E-state index contributed by atoms with van der Waals surface area (Å²) in [5.74, 6) is -0.493. The zero-order valence-electron chi connectivity index (χ0n) is 16.1. The van der Waals surface area contributed by atoms with Gasteiger partial charge in [-0.1, -0.05) is 88.6 Å². The molecule has 26 heavy (non-hydrogen) atoms. The second kappa shape index (κ2) is 12.3. The van der Waals surface area contributed by atoms with E-state index in [0.29, 0.717) is 12.2 Å². The van der Waals surface area contributed by atoms with Crippen molar-refractivity contribution in [2.24, 2.45) is 5.92 Å². The van der Waals surface area contributed by atoms with Crippen molar-refractivity contribution in [1.29, 1.82) is 0 Å². The molecular weight excluding hydrogens is 348 g/mol. The van der Waals surface area contributed by atoms with Crippen molar-refractivity contribution < 1.29 is 14.6 Å². The molecule has 1 aliphatic carbocycles. The average Bonchev–Trinajstić information content (AvgIpc) is 3.19. The standard InChI is InChI=1S/C22H34O3.ClH/c1-2-3-4-5-6-7-13-18-25-21(23)22(24,20-16-11-12-17-20)19-14-9-8-10-15-19;/h8-10,14-15,20,24H,2-7,11-13,16-18H2,1H3;1H. The van der Waals surface area contributed by atoms with E-state index in [4.69, 9.17) is 4.74 Å². The maximum Gasteiger partial charge on any atom is 0.343 e. The normalized spacial score (nSPS) is 16.7. The second-order valence-corrected chi connectivity index (χ2v) is 7.37. The van der Waals surface area contributed by atoms with Crippen molar-refractivity contribution in [3.8, 4) is 0 Å². The minimum atomic E-state index is -1.49. The first kappa shape index (κ1) is 23.0. The summed E-state index contributed by atoms with van der Waals surface area (Å²) in [6, 6.07) is 9.33. The summed E-state index contributed by atoms with van der Waals surface area (Å²) in [5.41, 5.74) is -0.815. The number of ether oxygens (including phenoxy) is 1. The van der Waals surface area contributed by atoms with Gasteiger partial charge >= 0.3 is 5.97 Å². The third kappa shape index (κ3) is 6.28. The molecule has 1 atom stereocenters. The van der Waals surface area contributed by atoms with E-state index in [9.17, 15) is 9.90 Å². The van der Waals surface area contributed by atoms with Gasteiger partial charge in [0.1, 0.15) is 0 Å². The van der Waals surface area contributed by atoms with Gasteiger partial charge in [-0.05, 0) is 24.8 Å². The molecule has 1 aliphatic rings. The average molecular weight is 383 g/mol. The van der Waals surface area contributed by atoms with Crippen molar-refractivity contribution in [2.45, 2.75) is 83.2 Å². The highest BCUT2D eigenvalue weighted by Gasteiger charge is 2.47. The number of carbonyl (C=O) groups excluding carboxylic acids is 1. The SMILES string of the molecule is CCCCCCCCCOC(=O)C(O)(c1ccccc1)C1CCCC1.Cl. The Bertz CT molecular complexity index is 499. The number of rotatable bonds is 11. The second-order valence-electron chi connectivity index (χ2n) is 7.37. The zero-order chi connectivity index (χ0) is 18.0. The third-order valence-corrected chi connectivity index (χ3v) is 5.45. The molecule has 1 unspecified atom stereocenters. The van der Waals surface area contributed by atoms with Crippen molar-refractivity contribution >= 4 is 18.4 Å². The van der Waals surface area contributed by atoms with E-state index in [1.165, 1.54) is 32.1 Å². The van der Waals surface area contributed by atoms with E-state index in [1.807, 2.05) is 30.3 Å². The van der Waals surface area contributed by atoms with E-state index in [2.05, 4.69) is 6.92 Å². The van der Waals surface area contributed by atoms with Crippen molar-refractivity contribution in [3.63, 3.8) is 0 Å². The lowest BCUT2D eigenvalue weighted by Crippen LogP contribution is -2.43. The smallest absolute Gasteiger partial charge is 0.343 e. The van der Waals surface area contributed by atoms with Crippen molar-refractivity contribution in [2.75, 3.05) is 6.61 Å². The van der Waals surface area contributed by atoms with Crippen LogP contribution in [-0.4, -0.2) is 17.7 Å². The number of carbonyl (C=O) groups is 1. The molecule has 2 rings (SSSR count). The molecule has 0 heterocycles. The maximum absolute atomic E-state index is 12.8. The third-order valence-electron chi connectivity index (χ3n) is 5.45. The van der Waals surface area contributed by atoms with Crippen LogP contribution in [0, 0.1) is 5.92 Å². The van der Waals surface area contributed by atoms with E-state index < -0.39 is 11.6 Å². The minimum absolute atomic E-state index is 0. The number of hydrogen-bond donors (Lipinski definition) is 1. The van der Waals surface area contributed by atoms with Gasteiger partial charge in [-0.15, -0.1) is 12.4 Å². The zero-order valence-corrected chi connectivity index (χ0v) is 16.9. The molecule has 3 nitrogen and oxygen atoms in total. The molecule has 0 radical (unpaired) electrons. The maximum atomic E-state index is 12.8. The molecule has 0 bridgehead atoms. The number of hydrogen-bond acceptors (Lipinski definition) is 3. The summed E-state index contributed by atoms with van der Waals surface area (Å²) >= 11 is 0. The highest BCUT2D eigenvalue weighted by atomic mass is 35.5. The minimum Gasteiger partial charge on any atom is -0.463 e. The molecule has 1 fully saturated rings. The van der Waals surface area contributed by atoms with Crippen molar-refractivity contribution in [1.82, 2.24) is 0 Å². The number of halogens is 1. The Labute approximate surface area is 164 Å². The lowest BCUT2D eigenvalue weighted by atomic mass is 9.80. The van der Waals surface area contributed by atoms with E-state index >= 15 is 0 Å². The van der Waals surface area contributed by atoms with Gasteiger partial charge in [0.05, 0.1) is 6.61 Å². The van der Waals surface area contributed by atoms with Gasteiger partial charge in [0, 0.05) is 5.92 Å². The Balaban J connectivity index is 0.00000338. The summed E-state index contributed by atoms with van der Waals surface area (Å²) in [5, 5.41) is 11.3. The first-order valence-corrected chi connectivity index (χ1v) is 10.1. The Morgan fingerprint density at radius 3 is 2.23 bits per heavy atom. The monoisotopic (exact) mass is 382 g/mol. The Hall–Kier alpha value is -1.06. The van der Waals surface area contributed by atoms with Crippen LogP contribution in [0.5, 0.6) is 0 Å². The molecule has 0 aliphatic heterocycles. The highest BCUT2D eigenvalue weighted by Crippen LogP contribution is 2.41. The summed E-state index contributed by atoms with van der Waals surface area (Å²) in [6.45, 7) is 2.63. The van der Waals surface area contributed by atoms with Crippen LogP contribution in [0.25, 0.3) is 0 Å². The topological polar surface area (TPSA) is 46.5 Å². The summed E-state index contributed by atoms with van der Waals surface area (Å²) in [6.07, 6.45) is 12.2. The van der Waals surface area contributed by atoms with Gasteiger partial charge in [0.2, 0.25) is 0 Å². The molecule has 1 N–H and O–H groups in total. The number of benzene rings is 1. The Morgan fingerprint density at radius 2 is 1.62 bits per heavy atom. The number of aliphatic hydroxyl groups is 1. The van der Waals surface area contributed by atoms with Crippen LogP contribution in [-0.2, 0) is 15.1 Å². The highest BCUT2D eigenvalue weighted by molar-refractivity contribution is 5.85. The van der Waals surface area contributed by atoms with Gasteiger partial charge in [-0.2, -0.15) is 0 Å². The van der Waals surface area contributed by atoms with Crippen molar-refractivity contribution in [3.05, 3.63) is 35.9 Å². The molecule has 0 saturated heterocycles. The van der Waals surface area contributed by atoms with Gasteiger partial charge < -0.3 is 9.84 Å². The Kier molecular flexibility index (Phi) is 10.9. The first-order valence-electron chi connectivity index (χ1n) is 10.1. The summed E-state index contributed by atoms with van der Waals surface area (Å²) in [4.78, 5) is 12.8. The lowest BCUT2D eigenvalue weighted by molar-refractivity contribution is -0.174. The van der Waals surface area contributed by atoms with Crippen LogP contribution in [0.4, 0.5) is 0 Å². The van der Waals surface area contributed by atoms with Crippen LogP contribution >= 0.6 is 12.4 Å². The summed E-state index contributed by atoms with van der Waals surface area (Å²) < 4.78 is 5.51. The van der Waals surface area contributed by atoms with Gasteiger partial charge in [0.15, 0.2) is 5.60 Å². The molecule has 0 spiro atoms. The number of esters is 1. The predicted molar refractivity (Wildman–Crippen MR) is 108 cm³/mol. The molecule has 1 aromatic carbocycles. The molecular formula is C22H35ClO3. The molecule has 4 heteroatoms. The molecule has 1 saturated carbocycles. The first-order chi connectivity index (χ1) is 12.2. The van der Waals surface area contributed by atoms with E-state index in [-0.39, 0.29) is 18.3 Å². The quantitative estimate of drug-likeness (QED) is 0.389. The molecule has 1 aromatic rings. The van der Waals surface area contributed by atoms with Crippen LogP contribution in [0.3, 0.4) is 0 Å². The molecule has 148 valence electrons.